The third-order valence-electron chi connectivity index (χ3n) is 6.31. The van der Waals surface area contributed by atoms with E-state index in [0.717, 1.165) is 31.5 Å². The zero-order valence-corrected chi connectivity index (χ0v) is 18.9. The lowest BCUT2D eigenvalue weighted by Crippen LogP contribution is -2.26. The number of sulfonamides is 1. The van der Waals surface area contributed by atoms with Crippen LogP contribution in [0.3, 0.4) is 0 Å². The van der Waals surface area contributed by atoms with Crippen LogP contribution in [0.15, 0.2) is 30.6 Å². The molecule has 2 fully saturated rings. The molecule has 176 valence electrons. The van der Waals surface area contributed by atoms with Crippen molar-refractivity contribution in [3.05, 3.63) is 52.7 Å². The summed E-state index contributed by atoms with van der Waals surface area (Å²) in [5.74, 6) is -0.866. The van der Waals surface area contributed by atoms with Crippen LogP contribution in [0.4, 0.5) is 17.6 Å². The maximum Gasteiger partial charge on any atom is 0.433 e. The molecule has 33 heavy (non-hydrogen) atoms. The number of rotatable bonds is 6. The first-order chi connectivity index (χ1) is 15.5. The van der Waals surface area contributed by atoms with E-state index in [1.807, 2.05) is 4.57 Å². The predicted molar refractivity (Wildman–Crippen MR) is 117 cm³/mol. The second kappa shape index (κ2) is 7.95. The Labute approximate surface area is 192 Å². The molecule has 2 aliphatic rings. The third kappa shape index (κ3) is 4.24. The molecule has 5 nitrogen and oxygen atoms in total. The molecule has 0 unspecified atom stereocenters. The van der Waals surface area contributed by atoms with Gasteiger partial charge in [0.2, 0.25) is 10.0 Å². The molecule has 0 bridgehead atoms. The van der Waals surface area contributed by atoms with Crippen molar-refractivity contribution >= 4 is 32.5 Å². The number of benzene rings is 1. The first-order valence-electron chi connectivity index (χ1n) is 10.6. The van der Waals surface area contributed by atoms with Gasteiger partial charge in [-0.2, -0.15) is 13.2 Å². The monoisotopic (exact) mass is 501 g/mol. The minimum Gasteiger partial charge on any atom is -0.344 e. The molecular formula is C22H20ClF4N3O2S. The van der Waals surface area contributed by atoms with Crippen molar-refractivity contribution in [1.82, 2.24) is 14.3 Å². The zero-order valence-electron chi connectivity index (χ0n) is 17.3. The summed E-state index contributed by atoms with van der Waals surface area (Å²) in [4.78, 5) is 3.41. The second-order valence-corrected chi connectivity index (χ2v) is 11.1. The number of nitrogens with one attached hydrogen (secondary N) is 1. The summed E-state index contributed by atoms with van der Waals surface area (Å²) in [6.45, 7) is -0.0135. The van der Waals surface area contributed by atoms with Crippen LogP contribution in [0, 0.1) is 5.82 Å². The molecule has 2 heterocycles. The van der Waals surface area contributed by atoms with Crippen LogP contribution >= 0.6 is 11.6 Å². The maximum absolute atomic E-state index is 15.2. The van der Waals surface area contributed by atoms with Gasteiger partial charge in [-0.25, -0.2) is 22.5 Å². The lowest BCUT2D eigenvalue weighted by atomic mass is 9.92. The quantitative estimate of drug-likeness (QED) is 0.433. The number of pyridine rings is 1. The van der Waals surface area contributed by atoms with E-state index < -0.39 is 38.5 Å². The van der Waals surface area contributed by atoms with E-state index >= 15 is 4.39 Å². The Hall–Kier alpha value is -2.17. The Morgan fingerprint density at radius 3 is 2.45 bits per heavy atom. The normalized spacial score (nSPS) is 17.5. The van der Waals surface area contributed by atoms with Gasteiger partial charge in [0.1, 0.15) is 5.82 Å². The summed E-state index contributed by atoms with van der Waals surface area (Å²) in [5, 5.41) is 0.0316. The fourth-order valence-corrected chi connectivity index (χ4v) is 5.71. The Kier molecular flexibility index (Phi) is 5.45. The average molecular weight is 502 g/mol. The molecule has 0 radical (unpaired) electrons. The van der Waals surface area contributed by atoms with Gasteiger partial charge in [-0.3, -0.25) is 0 Å². The first kappa shape index (κ1) is 22.6. The minimum atomic E-state index is -4.79. The van der Waals surface area contributed by atoms with Gasteiger partial charge >= 0.3 is 6.18 Å². The van der Waals surface area contributed by atoms with E-state index in [2.05, 4.69) is 9.71 Å². The van der Waals surface area contributed by atoms with Gasteiger partial charge in [0, 0.05) is 47.0 Å². The third-order valence-corrected chi connectivity index (χ3v) is 8.41. The van der Waals surface area contributed by atoms with Gasteiger partial charge in [0.15, 0.2) is 5.69 Å². The van der Waals surface area contributed by atoms with Crippen molar-refractivity contribution in [2.24, 2.45) is 0 Å². The highest BCUT2D eigenvalue weighted by molar-refractivity contribution is 7.90. The second-order valence-electron chi connectivity index (χ2n) is 8.61. The number of fused-ring (bicyclic) bond motifs is 1. The zero-order chi connectivity index (χ0) is 23.5. The van der Waals surface area contributed by atoms with Crippen LogP contribution in [0.1, 0.15) is 49.4 Å². The van der Waals surface area contributed by atoms with Crippen molar-refractivity contribution in [1.29, 1.82) is 0 Å². The van der Waals surface area contributed by atoms with Crippen molar-refractivity contribution in [3.63, 3.8) is 0 Å². The van der Waals surface area contributed by atoms with Gasteiger partial charge in [-0.1, -0.05) is 11.6 Å². The Bertz CT molecular complexity index is 1350. The maximum atomic E-state index is 15.2. The number of hydrogen-bond donors (Lipinski definition) is 1. The summed E-state index contributed by atoms with van der Waals surface area (Å²) in [6.07, 6.45) is 1.88. The summed E-state index contributed by atoms with van der Waals surface area (Å²) in [6, 6.07) is 3.73. The molecule has 0 spiro atoms. The molecule has 11 heteroatoms. The Morgan fingerprint density at radius 1 is 1.12 bits per heavy atom. The van der Waals surface area contributed by atoms with E-state index in [-0.39, 0.29) is 23.2 Å². The van der Waals surface area contributed by atoms with Crippen LogP contribution in [0.2, 0.25) is 5.02 Å². The van der Waals surface area contributed by atoms with Crippen LogP contribution in [-0.2, 0) is 22.7 Å². The highest BCUT2D eigenvalue weighted by Gasteiger charge is 2.37. The fourth-order valence-electron chi connectivity index (χ4n) is 4.20. The standard InChI is InChI=1S/C22H20ClF4N3O2S/c23-13-6-18(21(28-10-13)22(25,26)27)17-8-20-16(7-19(17)24)12(11-30(20)14-2-1-3-14)9-29-33(31,32)15-4-5-15/h6-8,10-11,14-15,29H,1-5,9H2. The first-order valence-corrected chi connectivity index (χ1v) is 12.5. The molecule has 1 N–H and O–H groups in total. The molecule has 2 saturated carbocycles. The SMILES string of the molecule is O=S(=O)(NCc1cn(C2CCC2)c2cc(-c3cc(Cl)cnc3C(F)(F)F)c(F)cc12)C1CC1. The lowest BCUT2D eigenvalue weighted by Gasteiger charge is -2.28. The molecule has 0 aliphatic heterocycles. The van der Waals surface area contributed by atoms with Crippen molar-refractivity contribution in [2.45, 2.75) is 56.1 Å². The van der Waals surface area contributed by atoms with E-state index in [1.165, 1.54) is 12.1 Å². The molecule has 2 aliphatic carbocycles. The van der Waals surface area contributed by atoms with Gasteiger partial charge in [-0.15, -0.1) is 0 Å². The smallest absolute Gasteiger partial charge is 0.344 e. The molecule has 0 amide bonds. The highest BCUT2D eigenvalue weighted by Crippen LogP contribution is 2.41. The van der Waals surface area contributed by atoms with E-state index in [9.17, 15) is 21.6 Å². The van der Waals surface area contributed by atoms with Gasteiger partial charge in [0.25, 0.3) is 0 Å². The van der Waals surface area contributed by atoms with Gasteiger partial charge in [0.05, 0.1) is 10.3 Å². The number of aromatic nitrogens is 2. The average Bonchev–Trinajstić information content (AvgIpc) is 3.49. The summed E-state index contributed by atoms with van der Waals surface area (Å²) >= 11 is 5.90. The fraction of sp³-hybridized carbons (Fsp3) is 0.409. The van der Waals surface area contributed by atoms with Gasteiger partial charge in [-0.05, 0) is 55.9 Å². The molecular weight excluding hydrogens is 482 g/mol. The predicted octanol–water partition coefficient (Wildman–Crippen LogP) is 5.82. The lowest BCUT2D eigenvalue weighted by molar-refractivity contribution is -0.140. The summed E-state index contributed by atoms with van der Waals surface area (Å²) < 4.78 is 84.9. The molecule has 0 atom stereocenters. The summed E-state index contributed by atoms with van der Waals surface area (Å²) in [7, 11) is -3.45. The van der Waals surface area contributed by atoms with Crippen molar-refractivity contribution in [3.8, 4) is 11.1 Å². The highest BCUT2D eigenvalue weighted by atomic mass is 35.5. The van der Waals surface area contributed by atoms with Crippen LogP contribution < -0.4 is 4.72 Å². The Balaban J connectivity index is 1.63. The molecule has 5 rings (SSSR count). The minimum absolute atomic E-state index is 0.0135. The number of halogens is 5. The summed E-state index contributed by atoms with van der Waals surface area (Å²) in [5.41, 5.74) is -0.790. The van der Waals surface area contributed by atoms with Crippen LogP contribution in [0.25, 0.3) is 22.0 Å². The topological polar surface area (TPSA) is 64.0 Å². The van der Waals surface area contributed by atoms with Crippen LogP contribution in [0.5, 0.6) is 0 Å². The van der Waals surface area contributed by atoms with Crippen molar-refractivity contribution in [2.75, 3.05) is 0 Å². The van der Waals surface area contributed by atoms with Crippen molar-refractivity contribution < 1.29 is 26.0 Å². The number of hydrogen-bond acceptors (Lipinski definition) is 3. The van der Waals surface area contributed by atoms with Crippen LogP contribution in [-0.4, -0.2) is 23.2 Å². The Morgan fingerprint density at radius 2 is 1.85 bits per heavy atom. The largest absolute Gasteiger partial charge is 0.433 e. The molecule has 0 saturated heterocycles. The van der Waals surface area contributed by atoms with E-state index in [1.54, 1.807) is 6.20 Å². The number of nitrogens with zero attached hydrogens (tertiary/aromatic N) is 2. The van der Waals surface area contributed by atoms with E-state index in [4.69, 9.17) is 11.6 Å². The van der Waals surface area contributed by atoms with Gasteiger partial charge < -0.3 is 4.57 Å². The van der Waals surface area contributed by atoms with E-state index in [0.29, 0.717) is 29.3 Å². The molecule has 1 aromatic carbocycles. The molecule has 2 aromatic heterocycles. The number of alkyl halides is 3. The molecule has 3 aromatic rings.